The van der Waals surface area contributed by atoms with Crippen LogP contribution in [0.1, 0.15) is 54.7 Å². The molecule has 146 valence electrons. The van der Waals surface area contributed by atoms with Gasteiger partial charge in [-0.25, -0.2) is 4.68 Å². The highest BCUT2D eigenvalue weighted by Gasteiger charge is 2.50. The summed E-state index contributed by atoms with van der Waals surface area (Å²) < 4.78 is 1.67. The zero-order valence-corrected chi connectivity index (χ0v) is 16.4. The first-order valence-electron chi connectivity index (χ1n) is 10.5. The fourth-order valence-corrected chi connectivity index (χ4v) is 6.39. The summed E-state index contributed by atoms with van der Waals surface area (Å²) in [6, 6.07) is 11.1. The van der Waals surface area contributed by atoms with E-state index in [0.29, 0.717) is 12.2 Å². The molecule has 5 nitrogen and oxygen atoms in total. The van der Waals surface area contributed by atoms with Gasteiger partial charge in [0.25, 0.3) is 5.91 Å². The largest absolute Gasteiger partial charge is 0.350 e. The van der Waals surface area contributed by atoms with Gasteiger partial charge in [-0.15, -0.1) is 0 Å². The minimum absolute atomic E-state index is 0.0146. The standard InChI is InChI=1S/C23H27N3O2/c1-15-7-20(27)21(25-26(15)19-5-3-2-4-6-19)22(28)24-14-23-11-16-8-17(12-23)10-18(9-16)13-23/h2-7,16-18H,8-14H2,1H3,(H,24,28). The number of amides is 1. The summed E-state index contributed by atoms with van der Waals surface area (Å²) in [6.07, 6.45) is 7.84. The van der Waals surface area contributed by atoms with Gasteiger partial charge in [0.05, 0.1) is 5.69 Å². The third-order valence-corrected chi connectivity index (χ3v) is 7.11. The number of aromatic nitrogens is 2. The Morgan fingerprint density at radius 2 is 1.71 bits per heavy atom. The summed E-state index contributed by atoms with van der Waals surface area (Å²) in [5.74, 6) is 2.19. The molecule has 2 aromatic rings. The molecule has 1 heterocycles. The number of aryl methyl sites for hydroxylation is 1. The van der Waals surface area contributed by atoms with Crippen molar-refractivity contribution in [1.82, 2.24) is 15.1 Å². The van der Waals surface area contributed by atoms with Crippen molar-refractivity contribution in [3.8, 4) is 5.69 Å². The van der Waals surface area contributed by atoms with E-state index < -0.39 is 0 Å². The van der Waals surface area contributed by atoms with Gasteiger partial charge >= 0.3 is 0 Å². The molecule has 1 aromatic carbocycles. The van der Waals surface area contributed by atoms with Crippen LogP contribution in [0.4, 0.5) is 0 Å². The number of para-hydroxylation sites is 1. The van der Waals surface area contributed by atoms with E-state index in [1.54, 1.807) is 4.68 Å². The van der Waals surface area contributed by atoms with Crippen LogP contribution in [0.2, 0.25) is 0 Å². The Bertz CT molecular complexity index is 928. The number of carbonyl (C=O) groups excluding carboxylic acids is 1. The van der Waals surface area contributed by atoms with Crippen molar-refractivity contribution in [2.45, 2.75) is 45.4 Å². The van der Waals surface area contributed by atoms with Gasteiger partial charge in [0, 0.05) is 18.3 Å². The number of nitrogens with one attached hydrogen (secondary N) is 1. The highest BCUT2D eigenvalue weighted by molar-refractivity contribution is 5.92. The monoisotopic (exact) mass is 377 g/mol. The molecule has 4 fully saturated rings. The molecular weight excluding hydrogens is 350 g/mol. The number of hydrogen-bond donors (Lipinski definition) is 1. The van der Waals surface area contributed by atoms with Crippen LogP contribution in [0.25, 0.3) is 5.69 Å². The number of benzene rings is 1. The molecule has 0 spiro atoms. The number of hydrogen-bond acceptors (Lipinski definition) is 3. The van der Waals surface area contributed by atoms with E-state index in [2.05, 4.69) is 10.4 Å². The van der Waals surface area contributed by atoms with E-state index in [4.69, 9.17) is 0 Å². The number of rotatable bonds is 4. The Hall–Kier alpha value is -2.43. The average Bonchev–Trinajstić information content (AvgIpc) is 2.66. The third kappa shape index (κ3) is 3.07. The van der Waals surface area contributed by atoms with E-state index in [0.717, 1.165) is 23.4 Å². The topological polar surface area (TPSA) is 64.0 Å². The molecular formula is C23H27N3O2. The molecule has 4 bridgehead atoms. The van der Waals surface area contributed by atoms with E-state index in [1.807, 2.05) is 37.3 Å². The minimum Gasteiger partial charge on any atom is -0.350 e. The maximum Gasteiger partial charge on any atom is 0.275 e. The lowest BCUT2D eigenvalue weighted by atomic mass is 9.49. The summed E-state index contributed by atoms with van der Waals surface area (Å²) in [5.41, 5.74) is 1.48. The fourth-order valence-electron chi connectivity index (χ4n) is 6.39. The molecule has 4 aliphatic rings. The van der Waals surface area contributed by atoms with Crippen LogP contribution in [0.15, 0.2) is 41.2 Å². The molecule has 0 radical (unpaired) electrons. The van der Waals surface area contributed by atoms with Crippen molar-refractivity contribution in [3.63, 3.8) is 0 Å². The first-order valence-corrected chi connectivity index (χ1v) is 10.5. The Morgan fingerprint density at radius 1 is 1.11 bits per heavy atom. The van der Waals surface area contributed by atoms with Crippen LogP contribution in [0, 0.1) is 30.1 Å². The van der Waals surface area contributed by atoms with Gasteiger partial charge in [-0.1, -0.05) is 18.2 Å². The fraction of sp³-hybridized carbons (Fsp3) is 0.522. The predicted molar refractivity (Wildman–Crippen MR) is 108 cm³/mol. The van der Waals surface area contributed by atoms with Crippen LogP contribution in [0.5, 0.6) is 0 Å². The van der Waals surface area contributed by atoms with E-state index in [9.17, 15) is 9.59 Å². The zero-order valence-electron chi connectivity index (χ0n) is 16.4. The SMILES string of the molecule is Cc1cc(=O)c(C(=O)NCC23CC4CC(CC(C4)C2)C3)nn1-c1ccccc1. The van der Waals surface area contributed by atoms with Crippen molar-refractivity contribution in [1.29, 1.82) is 0 Å². The molecule has 1 amide bonds. The molecule has 6 rings (SSSR count). The summed E-state index contributed by atoms with van der Waals surface area (Å²) in [6.45, 7) is 2.51. The molecule has 1 N–H and O–H groups in total. The highest BCUT2D eigenvalue weighted by atomic mass is 16.2. The van der Waals surface area contributed by atoms with E-state index in [1.165, 1.54) is 44.6 Å². The van der Waals surface area contributed by atoms with Gasteiger partial charge in [0.2, 0.25) is 5.43 Å². The van der Waals surface area contributed by atoms with Crippen LogP contribution < -0.4 is 10.7 Å². The molecule has 0 atom stereocenters. The molecule has 4 saturated carbocycles. The Kier molecular flexibility index (Phi) is 4.14. The van der Waals surface area contributed by atoms with Gasteiger partial charge in [-0.2, -0.15) is 5.10 Å². The lowest BCUT2D eigenvalue weighted by Crippen LogP contribution is -2.51. The van der Waals surface area contributed by atoms with Crippen molar-refractivity contribution in [3.05, 3.63) is 58.0 Å². The molecule has 0 saturated heterocycles. The second-order valence-electron chi connectivity index (χ2n) is 9.35. The average molecular weight is 377 g/mol. The summed E-state index contributed by atoms with van der Waals surface area (Å²) in [7, 11) is 0. The zero-order chi connectivity index (χ0) is 19.3. The van der Waals surface area contributed by atoms with Gasteiger partial charge in [-0.3, -0.25) is 9.59 Å². The number of nitrogens with zero attached hydrogens (tertiary/aromatic N) is 2. The predicted octanol–water partition coefficient (Wildman–Crippen LogP) is 3.49. The molecule has 4 aliphatic carbocycles. The van der Waals surface area contributed by atoms with Gasteiger partial charge in [0.1, 0.15) is 0 Å². The first kappa shape index (κ1) is 17.7. The van der Waals surface area contributed by atoms with Crippen molar-refractivity contribution in [2.24, 2.45) is 23.2 Å². The van der Waals surface area contributed by atoms with E-state index in [-0.39, 0.29) is 22.4 Å². The molecule has 0 unspecified atom stereocenters. The summed E-state index contributed by atoms with van der Waals surface area (Å²) in [5, 5.41) is 7.48. The lowest BCUT2D eigenvalue weighted by Gasteiger charge is -2.56. The van der Waals surface area contributed by atoms with Crippen LogP contribution in [-0.2, 0) is 0 Å². The maximum absolute atomic E-state index is 12.9. The normalized spacial score (nSPS) is 30.4. The Labute approximate surface area is 165 Å². The van der Waals surface area contributed by atoms with Crippen molar-refractivity contribution >= 4 is 5.91 Å². The summed E-state index contributed by atoms with van der Waals surface area (Å²) in [4.78, 5) is 25.3. The van der Waals surface area contributed by atoms with Gasteiger partial charge < -0.3 is 5.32 Å². The van der Waals surface area contributed by atoms with Crippen molar-refractivity contribution in [2.75, 3.05) is 6.54 Å². The molecule has 0 aliphatic heterocycles. The van der Waals surface area contributed by atoms with Crippen LogP contribution >= 0.6 is 0 Å². The quantitative estimate of drug-likeness (QED) is 0.887. The Balaban J connectivity index is 1.37. The van der Waals surface area contributed by atoms with Crippen molar-refractivity contribution < 1.29 is 4.79 Å². The number of carbonyl (C=O) groups is 1. The first-order chi connectivity index (χ1) is 13.5. The minimum atomic E-state index is -0.342. The van der Waals surface area contributed by atoms with E-state index >= 15 is 0 Å². The molecule has 1 aromatic heterocycles. The smallest absolute Gasteiger partial charge is 0.275 e. The van der Waals surface area contributed by atoms with Gasteiger partial charge in [-0.05, 0) is 80.8 Å². The Morgan fingerprint density at radius 3 is 2.32 bits per heavy atom. The lowest BCUT2D eigenvalue weighted by molar-refractivity contribution is -0.0503. The molecule has 28 heavy (non-hydrogen) atoms. The molecule has 5 heteroatoms. The highest BCUT2D eigenvalue weighted by Crippen LogP contribution is 2.59. The van der Waals surface area contributed by atoms with Crippen LogP contribution in [-0.4, -0.2) is 22.2 Å². The second kappa shape index (κ2) is 6.57. The summed E-state index contributed by atoms with van der Waals surface area (Å²) >= 11 is 0. The maximum atomic E-state index is 12.9. The second-order valence-corrected chi connectivity index (χ2v) is 9.35. The van der Waals surface area contributed by atoms with Crippen LogP contribution in [0.3, 0.4) is 0 Å². The third-order valence-electron chi connectivity index (χ3n) is 7.11. The van der Waals surface area contributed by atoms with Gasteiger partial charge in [0.15, 0.2) is 5.69 Å².